The minimum Gasteiger partial charge on any atom is -0.383 e. The second-order valence-corrected chi connectivity index (χ2v) is 9.02. The highest BCUT2D eigenvalue weighted by atomic mass is 32.2. The van der Waals surface area contributed by atoms with E-state index in [1.54, 1.807) is 24.1 Å². The SMILES string of the molecule is CCCCCC(=O)N(CCOC)Cc1ccc(OS(=O)(=O)c2cccc(C(F)(F)F)c2)cc1. The molecule has 2 aromatic rings. The number of hydrogen-bond donors (Lipinski definition) is 0. The van der Waals surface area contributed by atoms with Crippen LogP contribution in [0.2, 0.25) is 0 Å². The number of methoxy groups -OCH3 is 1. The van der Waals surface area contributed by atoms with Crippen molar-refractivity contribution < 1.29 is 35.3 Å². The molecule has 0 bridgehead atoms. The van der Waals surface area contributed by atoms with Gasteiger partial charge in [-0.2, -0.15) is 21.6 Å². The lowest BCUT2D eigenvalue weighted by molar-refractivity contribution is -0.137. The van der Waals surface area contributed by atoms with E-state index in [1.165, 1.54) is 12.1 Å². The molecule has 0 N–H and O–H groups in total. The van der Waals surface area contributed by atoms with E-state index >= 15 is 0 Å². The molecule has 182 valence electrons. The minimum absolute atomic E-state index is 0.00736. The van der Waals surface area contributed by atoms with Gasteiger partial charge in [0.05, 0.1) is 12.2 Å². The number of hydrogen-bond acceptors (Lipinski definition) is 5. The summed E-state index contributed by atoms with van der Waals surface area (Å²) >= 11 is 0. The van der Waals surface area contributed by atoms with E-state index in [0.717, 1.165) is 43.0 Å². The second-order valence-electron chi connectivity index (χ2n) is 7.47. The van der Waals surface area contributed by atoms with Crippen LogP contribution in [0, 0.1) is 0 Å². The number of nitrogens with zero attached hydrogens (tertiary/aromatic N) is 1. The predicted molar refractivity (Wildman–Crippen MR) is 117 cm³/mol. The molecule has 0 aliphatic carbocycles. The molecule has 2 aromatic carbocycles. The van der Waals surface area contributed by atoms with Gasteiger partial charge < -0.3 is 13.8 Å². The molecule has 0 unspecified atom stereocenters. The summed E-state index contributed by atoms with van der Waals surface area (Å²) < 4.78 is 73.6. The Balaban J connectivity index is 2.09. The van der Waals surface area contributed by atoms with Crippen molar-refractivity contribution >= 4 is 16.0 Å². The van der Waals surface area contributed by atoms with E-state index in [-0.39, 0.29) is 11.7 Å². The maximum Gasteiger partial charge on any atom is 0.416 e. The van der Waals surface area contributed by atoms with Crippen LogP contribution < -0.4 is 4.18 Å². The average Bonchev–Trinajstić information content (AvgIpc) is 2.77. The first-order valence-electron chi connectivity index (χ1n) is 10.5. The van der Waals surface area contributed by atoms with Gasteiger partial charge in [-0.15, -0.1) is 0 Å². The van der Waals surface area contributed by atoms with E-state index in [0.29, 0.717) is 32.2 Å². The first kappa shape index (κ1) is 26.7. The molecule has 1 amide bonds. The van der Waals surface area contributed by atoms with Crippen molar-refractivity contribution in [3.63, 3.8) is 0 Å². The standard InChI is InChI=1S/C23H28F3NO5S/c1-3-4-5-9-22(28)27(14-15-31-2)17-18-10-12-20(13-11-18)32-33(29,30)21-8-6-7-19(16-21)23(24,25)26/h6-8,10-13,16H,3-5,9,14-15,17H2,1-2H3. The topological polar surface area (TPSA) is 72.9 Å². The van der Waals surface area contributed by atoms with Crippen molar-refractivity contribution in [1.29, 1.82) is 0 Å². The van der Waals surface area contributed by atoms with Gasteiger partial charge in [0.25, 0.3) is 0 Å². The number of amides is 1. The van der Waals surface area contributed by atoms with E-state index in [4.69, 9.17) is 8.92 Å². The molecule has 0 heterocycles. The lowest BCUT2D eigenvalue weighted by atomic mass is 10.1. The summed E-state index contributed by atoms with van der Waals surface area (Å²) in [6.45, 7) is 3.18. The van der Waals surface area contributed by atoms with Crippen molar-refractivity contribution in [1.82, 2.24) is 4.90 Å². The van der Waals surface area contributed by atoms with Crippen LogP contribution >= 0.6 is 0 Å². The van der Waals surface area contributed by atoms with Crippen molar-refractivity contribution in [3.8, 4) is 5.75 Å². The van der Waals surface area contributed by atoms with Crippen LogP contribution in [0.25, 0.3) is 0 Å². The molecule has 0 aliphatic rings. The van der Waals surface area contributed by atoms with Crippen molar-refractivity contribution in [2.24, 2.45) is 0 Å². The smallest absolute Gasteiger partial charge is 0.383 e. The molecular weight excluding hydrogens is 459 g/mol. The van der Waals surface area contributed by atoms with Crippen LogP contribution in [0.15, 0.2) is 53.4 Å². The summed E-state index contributed by atoms with van der Waals surface area (Å²) in [5, 5.41) is 0. The molecule has 0 atom stereocenters. The van der Waals surface area contributed by atoms with Gasteiger partial charge in [-0.3, -0.25) is 4.79 Å². The number of alkyl halides is 3. The summed E-state index contributed by atoms with van der Waals surface area (Å²) in [4.78, 5) is 13.6. The molecule has 6 nitrogen and oxygen atoms in total. The highest BCUT2D eigenvalue weighted by Crippen LogP contribution is 2.31. The number of rotatable bonds is 12. The minimum atomic E-state index is -4.67. The fraction of sp³-hybridized carbons (Fsp3) is 0.435. The summed E-state index contributed by atoms with van der Waals surface area (Å²) in [5.74, 6) is -0.0400. The number of halogens is 3. The molecule has 0 aromatic heterocycles. The Morgan fingerprint density at radius 2 is 1.76 bits per heavy atom. The second kappa shape index (κ2) is 12.0. The summed E-state index contributed by atoms with van der Waals surface area (Å²) in [6, 6.07) is 9.37. The molecule has 0 radical (unpaired) electrons. The Morgan fingerprint density at radius 3 is 2.36 bits per heavy atom. The van der Waals surface area contributed by atoms with Crippen LogP contribution in [-0.2, 0) is 32.4 Å². The first-order valence-corrected chi connectivity index (χ1v) is 11.9. The number of carbonyl (C=O) groups excluding carboxylic acids is 1. The Bertz CT molecular complexity index is 1010. The molecule has 0 spiro atoms. The fourth-order valence-corrected chi connectivity index (χ4v) is 4.03. The highest BCUT2D eigenvalue weighted by molar-refractivity contribution is 7.87. The molecule has 0 aliphatic heterocycles. The lowest BCUT2D eigenvalue weighted by Crippen LogP contribution is -2.33. The first-order chi connectivity index (χ1) is 15.6. The van der Waals surface area contributed by atoms with E-state index in [2.05, 4.69) is 6.92 Å². The molecule has 0 saturated carbocycles. The average molecular weight is 488 g/mol. The molecular formula is C23H28F3NO5S. The van der Waals surface area contributed by atoms with Gasteiger partial charge in [-0.05, 0) is 42.3 Å². The van der Waals surface area contributed by atoms with Gasteiger partial charge in [0, 0.05) is 26.6 Å². The maximum absolute atomic E-state index is 12.9. The Labute approximate surface area is 192 Å². The van der Waals surface area contributed by atoms with Gasteiger partial charge >= 0.3 is 16.3 Å². The van der Waals surface area contributed by atoms with Crippen LogP contribution in [-0.4, -0.2) is 39.5 Å². The summed E-state index contributed by atoms with van der Waals surface area (Å²) in [6.07, 6.45) is -1.45. The fourth-order valence-electron chi connectivity index (χ4n) is 3.05. The number of benzene rings is 2. The molecule has 10 heteroatoms. The molecule has 0 fully saturated rings. The third kappa shape index (κ3) is 8.36. The van der Waals surface area contributed by atoms with Gasteiger partial charge in [0.15, 0.2) is 0 Å². The largest absolute Gasteiger partial charge is 0.416 e. The van der Waals surface area contributed by atoms with Crippen molar-refractivity contribution in [2.75, 3.05) is 20.3 Å². The number of carbonyl (C=O) groups is 1. The van der Waals surface area contributed by atoms with Crippen LogP contribution in [0.3, 0.4) is 0 Å². The zero-order chi connectivity index (χ0) is 24.5. The monoisotopic (exact) mass is 487 g/mol. The van der Waals surface area contributed by atoms with Gasteiger partial charge in [-0.1, -0.05) is 38.0 Å². The van der Waals surface area contributed by atoms with E-state index < -0.39 is 26.8 Å². The van der Waals surface area contributed by atoms with Gasteiger partial charge in [0.2, 0.25) is 5.91 Å². The predicted octanol–water partition coefficient (Wildman–Crippen LogP) is 5.03. The number of unbranched alkanes of at least 4 members (excludes halogenated alkanes) is 2. The molecule has 33 heavy (non-hydrogen) atoms. The van der Waals surface area contributed by atoms with Crippen LogP contribution in [0.5, 0.6) is 5.75 Å². The van der Waals surface area contributed by atoms with E-state index in [9.17, 15) is 26.4 Å². The third-order valence-electron chi connectivity index (χ3n) is 4.86. The lowest BCUT2D eigenvalue weighted by Gasteiger charge is -2.23. The van der Waals surface area contributed by atoms with Crippen molar-refractivity contribution in [3.05, 3.63) is 59.7 Å². The Hall–Kier alpha value is -2.59. The Kier molecular flexibility index (Phi) is 9.72. The van der Waals surface area contributed by atoms with Crippen LogP contribution in [0.4, 0.5) is 13.2 Å². The van der Waals surface area contributed by atoms with Crippen LogP contribution in [0.1, 0.15) is 43.7 Å². The van der Waals surface area contributed by atoms with Gasteiger partial charge in [0.1, 0.15) is 10.6 Å². The molecule has 0 saturated heterocycles. The van der Waals surface area contributed by atoms with Crippen molar-refractivity contribution in [2.45, 2.75) is 50.2 Å². The quantitative estimate of drug-likeness (QED) is 0.310. The third-order valence-corrected chi connectivity index (χ3v) is 6.11. The number of ether oxygens (including phenoxy) is 1. The summed E-state index contributed by atoms with van der Waals surface area (Å²) in [5.41, 5.74) is -0.332. The van der Waals surface area contributed by atoms with Gasteiger partial charge in [-0.25, -0.2) is 0 Å². The maximum atomic E-state index is 12.9. The zero-order valence-corrected chi connectivity index (χ0v) is 19.4. The normalized spacial score (nSPS) is 11.9. The molecule has 2 rings (SSSR count). The van der Waals surface area contributed by atoms with E-state index in [1.807, 2.05) is 0 Å². The highest BCUT2D eigenvalue weighted by Gasteiger charge is 2.32. The Morgan fingerprint density at radius 1 is 1.06 bits per heavy atom. The summed E-state index contributed by atoms with van der Waals surface area (Å²) in [7, 11) is -2.90. The zero-order valence-electron chi connectivity index (χ0n) is 18.6.